The van der Waals surface area contributed by atoms with E-state index in [4.69, 9.17) is 0 Å². The van der Waals surface area contributed by atoms with E-state index in [1.54, 1.807) is 0 Å². The summed E-state index contributed by atoms with van der Waals surface area (Å²) >= 11 is 0. The molecule has 4 heteroatoms. The predicted molar refractivity (Wildman–Crippen MR) is 70.9 cm³/mol. The monoisotopic (exact) mass is 247 g/mol. The van der Waals surface area contributed by atoms with Crippen LogP contribution in [-0.2, 0) is 6.54 Å². The van der Waals surface area contributed by atoms with Gasteiger partial charge in [-0.15, -0.1) is 0 Å². The first-order valence-corrected chi connectivity index (χ1v) is 6.37. The Morgan fingerprint density at radius 2 is 2.11 bits per heavy atom. The van der Waals surface area contributed by atoms with E-state index in [0.29, 0.717) is 0 Å². The summed E-state index contributed by atoms with van der Waals surface area (Å²) in [5.41, 5.74) is 4.79. The minimum atomic E-state index is 0.863. The van der Waals surface area contributed by atoms with Gasteiger partial charge in [0, 0.05) is 12.4 Å². The molecule has 0 unspecified atom stereocenters. The van der Waals surface area contributed by atoms with Gasteiger partial charge in [-0.3, -0.25) is 9.38 Å². The second-order valence-electron chi connectivity index (χ2n) is 4.93. The topological polar surface area (TPSA) is 25.6 Å². The van der Waals surface area contributed by atoms with Gasteiger partial charge in [-0.05, 0) is 24.3 Å². The third kappa shape index (κ3) is 1.04. The molecule has 0 N–H and O–H groups in total. The Bertz CT molecular complexity index is 945. The second kappa shape index (κ2) is 3.03. The number of imidazole rings is 2. The van der Waals surface area contributed by atoms with Crippen molar-refractivity contribution in [2.45, 2.75) is 6.54 Å². The molecule has 5 rings (SSSR count). The molecule has 4 aromatic rings. The van der Waals surface area contributed by atoms with E-state index < -0.39 is 0 Å². The molecule has 1 aliphatic heterocycles. The average Bonchev–Trinajstić information content (AvgIpc) is 3.05. The van der Waals surface area contributed by atoms with Crippen molar-refractivity contribution < 1.29 is 4.57 Å². The van der Waals surface area contributed by atoms with Crippen molar-refractivity contribution in [2.75, 3.05) is 0 Å². The van der Waals surface area contributed by atoms with Gasteiger partial charge in [0.2, 0.25) is 0 Å². The van der Waals surface area contributed by atoms with Crippen LogP contribution < -0.4 is 4.57 Å². The fraction of sp³-hybridized carbons (Fsp3) is 0.0667. The van der Waals surface area contributed by atoms with E-state index in [2.05, 4.69) is 61.2 Å². The van der Waals surface area contributed by atoms with Crippen LogP contribution in [0, 0.1) is 0 Å². The van der Waals surface area contributed by atoms with Crippen LogP contribution >= 0.6 is 0 Å². The van der Waals surface area contributed by atoms with Crippen LogP contribution in [0.3, 0.4) is 0 Å². The first kappa shape index (κ1) is 9.33. The van der Waals surface area contributed by atoms with E-state index in [1.807, 2.05) is 12.3 Å². The predicted octanol–water partition coefficient (Wildman–Crippen LogP) is 1.90. The third-order valence-corrected chi connectivity index (χ3v) is 3.87. The molecular weight excluding hydrogens is 236 g/mol. The van der Waals surface area contributed by atoms with Crippen LogP contribution in [0.15, 0.2) is 55.1 Å². The minimum absolute atomic E-state index is 0.863. The molecule has 0 spiro atoms. The van der Waals surface area contributed by atoms with Gasteiger partial charge in [-0.2, -0.15) is 4.40 Å². The zero-order valence-corrected chi connectivity index (χ0v) is 10.2. The number of hydrogen-bond acceptors (Lipinski definition) is 1. The lowest BCUT2D eigenvalue weighted by atomic mass is 10.2. The fourth-order valence-corrected chi connectivity index (χ4v) is 3.05. The summed E-state index contributed by atoms with van der Waals surface area (Å²) in [6.45, 7) is 0.863. The Morgan fingerprint density at radius 3 is 3.11 bits per heavy atom. The van der Waals surface area contributed by atoms with E-state index in [9.17, 15) is 0 Å². The summed E-state index contributed by atoms with van der Waals surface area (Å²) in [7, 11) is 0. The quantitative estimate of drug-likeness (QED) is 0.384. The van der Waals surface area contributed by atoms with Crippen LogP contribution in [0.4, 0.5) is 0 Å². The summed E-state index contributed by atoms with van der Waals surface area (Å²) < 4.78 is 6.73. The molecule has 0 radical (unpaired) electrons. The number of fused-ring (bicyclic) bond motifs is 7. The molecule has 0 saturated carbocycles. The molecule has 0 amide bonds. The zero-order chi connectivity index (χ0) is 12.4. The van der Waals surface area contributed by atoms with Crippen LogP contribution in [0.5, 0.6) is 0 Å². The van der Waals surface area contributed by atoms with Crippen molar-refractivity contribution >= 4 is 11.2 Å². The third-order valence-electron chi connectivity index (χ3n) is 3.87. The molecule has 0 aliphatic carbocycles. The van der Waals surface area contributed by atoms with E-state index in [1.165, 1.54) is 22.6 Å². The average molecular weight is 247 g/mol. The molecule has 1 aliphatic rings. The smallest absolute Gasteiger partial charge is 0.277 e. The minimum Gasteiger partial charge on any atom is -0.277 e. The number of hydrogen-bond donors (Lipinski definition) is 0. The molecule has 0 saturated heterocycles. The molecule has 0 aromatic carbocycles. The van der Waals surface area contributed by atoms with Crippen LogP contribution in [-0.4, -0.2) is 13.8 Å². The molecule has 0 atom stereocenters. The van der Waals surface area contributed by atoms with Gasteiger partial charge in [0.25, 0.3) is 11.5 Å². The van der Waals surface area contributed by atoms with E-state index in [0.717, 1.165) is 12.2 Å². The molecule has 5 heterocycles. The standard InChI is InChI=1S/C15H11N4/c1-2-7-18-11(4-1)8-19-14(18)10-17-9-13-12(15(17)19)5-3-6-16-13/h1-8,10H,9H2/q+1. The van der Waals surface area contributed by atoms with Gasteiger partial charge in [-0.1, -0.05) is 6.07 Å². The molecule has 0 fully saturated rings. The second-order valence-corrected chi connectivity index (χ2v) is 4.93. The van der Waals surface area contributed by atoms with Gasteiger partial charge in [0.15, 0.2) is 6.20 Å². The zero-order valence-electron chi connectivity index (χ0n) is 10.2. The van der Waals surface area contributed by atoms with Gasteiger partial charge < -0.3 is 0 Å². The van der Waals surface area contributed by atoms with Crippen molar-refractivity contribution in [3.8, 4) is 11.4 Å². The maximum absolute atomic E-state index is 4.47. The first-order valence-electron chi connectivity index (χ1n) is 6.37. The highest BCUT2D eigenvalue weighted by Crippen LogP contribution is 2.27. The van der Waals surface area contributed by atoms with Gasteiger partial charge >= 0.3 is 0 Å². The fourth-order valence-electron chi connectivity index (χ4n) is 3.05. The van der Waals surface area contributed by atoms with Crippen molar-refractivity contribution in [3.63, 3.8) is 0 Å². The highest BCUT2D eigenvalue weighted by atomic mass is 15.2. The lowest BCUT2D eigenvalue weighted by Crippen LogP contribution is -2.29. The molecule has 4 aromatic heterocycles. The molecule has 90 valence electrons. The Hall–Kier alpha value is -2.62. The Balaban J connectivity index is 1.97. The highest BCUT2D eigenvalue weighted by Gasteiger charge is 2.31. The number of pyridine rings is 2. The summed E-state index contributed by atoms with van der Waals surface area (Å²) in [5, 5.41) is 0. The molecule has 0 bridgehead atoms. The SMILES string of the molecule is c1cnc2c(c1)-c1n3cc4ccccn4c3c[n+]1C2. The lowest BCUT2D eigenvalue weighted by Gasteiger charge is -1.91. The molecule has 19 heavy (non-hydrogen) atoms. The van der Waals surface area contributed by atoms with Crippen molar-refractivity contribution in [3.05, 3.63) is 60.8 Å². The van der Waals surface area contributed by atoms with Crippen LogP contribution in [0.2, 0.25) is 0 Å². The Morgan fingerprint density at radius 1 is 1.11 bits per heavy atom. The largest absolute Gasteiger partial charge is 0.297 e. The number of rotatable bonds is 0. The highest BCUT2D eigenvalue weighted by molar-refractivity contribution is 5.66. The van der Waals surface area contributed by atoms with Crippen molar-refractivity contribution in [1.82, 2.24) is 13.8 Å². The maximum Gasteiger partial charge on any atom is 0.297 e. The number of nitrogens with zero attached hydrogens (tertiary/aromatic N) is 4. The Labute approximate surface area is 109 Å². The molecular formula is C15H11N4+. The summed E-state index contributed by atoms with van der Waals surface area (Å²) in [6, 6.07) is 10.4. The Kier molecular flexibility index (Phi) is 1.49. The number of aromatic nitrogens is 4. The van der Waals surface area contributed by atoms with Gasteiger partial charge in [0.05, 0.1) is 16.8 Å². The van der Waals surface area contributed by atoms with E-state index >= 15 is 0 Å². The summed E-state index contributed by atoms with van der Waals surface area (Å²) in [6.07, 6.45) is 8.35. The van der Waals surface area contributed by atoms with Crippen molar-refractivity contribution in [1.29, 1.82) is 0 Å². The van der Waals surface area contributed by atoms with Gasteiger partial charge in [0.1, 0.15) is 12.7 Å². The molecule has 4 nitrogen and oxygen atoms in total. The van der Waals surface area contributed by atoms with Crippen LogP contribution in [0.1, 0.15) is 5.69 Å². The van der Waals surface area contributed by atoms with Crippen LogP contribution in [0.25, 0.3) is 22.6 Å². The maximum atomic E-state index is 4.47. The van der Waals surface area contributed by atoms with Crippen molar-refractivity contribution in [2.24, 2.45) is 0 Å². The lowest BCUT2D eigenvalue weighted by molar-refractivity contribution is -0.670. The first-order chi connectivity index (χ1) is 9.42. The van der Waals surface area contributed by atoms with Gasteiger partial charge in [-0.25, -0.2) is 4.57 Å². The van der Waals surface area contributed by atoms with E-state index in [-0.39, 0.29) is 0 Å². The summed E-state index contributed by atoms with van der Waals surface area (Å²) in [5.74, 6) is 1.22. The summed E-state index contributed by atoms with van der Waals surface area (Å²) in [4.78, 5) is 4.47. The normalized spacial score (nSPS) is 13.1.